The van der Waals surface area contributed by atoms with Gasteiger partial charge < -0.3 is 5.32 Å². The molecular weight excluding hydrogens is 248 g/mol. The highest BCUT2D eigenvalue weighted by Crippen LogP contribution is 2.23. The zero-order valence-corrected chi connectivity index (χ0v) is 12.0. The third kappa shape index (κ3) is 4.31. The molecule has 0 saturated carbocycles. The fourth-order valence-corrected chi connectivity index (χ4v) is 2.34. The van der Waals surface area contributed by atoms with Crippen molar-refractivity contribution in [3.63, 3.8) is 0 Å². The Kier molecular flexibility index (Phi) is 5.62. The molecule has 1 aromatic rings. The van der Waals surface area contributed by atoms with Crippen molar-refractivity contribution in [2.75, 3.05) is 17.0 Å². The van der Waals surface area contributed by atoms with Crippen LogP contribution in [0.2, 0.25) is 0 Å². The van der Waals surface area contributed by atoms with Gasteiger partial charge in [-0.2, -0.15) is 0 Å². The molecule has 0 bridgehead atoms. The van der Waals surface area contributed by atoms with E-state index >= 15 is 0 Å². The van der Waals surface area contributed by atoms with Crippen LogP contribution in [0.4, 0.5) is 5.69 Å². The second-order valence-corrected chi connectivity index (χ2v) is 6.28. The van der Waals surface area contributed by atoms with Gasteiger partial charge in [-0.25, -0.2) is 8.42 Å². The lowest BCUT2D eigenvalue weighted by Gasteiger charge is -2.18. The lowest BCUT2D eigenvalue weighted by atomic mass is 10.1. The van der Waals surface area contributed by atoms with E-state index in [0.29, 0.717) is 5.69 Å². The van der Waals surface area contributed by atoms with E-state index in [1.807, 2.05) is 25.1 Å². The van der Waals surface area contributed by atoms with Gasteiger partial charge in [-0.1, -0.05) is 25.1 Å². The summed E-state index contributed by atoms with van der Waals surface area (Å²) in [6.07, 6.45) is 1.05. The van der Waals surface area contributed by atoms with E-state index in [1.165, 1.54) is 0 Å². The molecule has 5 heteroatoms. The summed E-state index contributed by atoms with van der Waals surface area (Å²) >= 11 is 0. The number of rotatable bonds is 7. The van der Waals surface area contributed by atoms with Gasteiger partial charge in [0.05, 0.1) is 11.4 Å². The number of para-hydroxylation sites is 1. The maximum atomic E-state index is 11.6. The number of hydrogen-bond donors (Lipinski definition) is 2. The predicted molar refractivity (Wildman–Crippen MR) is 76.2 cm³/mol. The Morgan fingerprint density at radius 1 is 1.22 bits per heavy atom. The van der Waals surface area contributed by atoms with Gasteiger partial charge >= 0.3 is 0 Å². The van der Waals surface area contributed by atoms with E-state index in [2.05, 4.69) is 17.0 Å². The summed E-state index contributed by atoms with van der Waals surface area (Å²) in [5, 5.41) is 3.36. The summed E-state index contributed by atoms with van der Waals surface area (Å²) < 4.78 is 25.9. The molecule has 1 aromatic carbocycles. The first kappa shape index (κ1) is 15.0. The monoisotopic (exact) mass is 270 g/mol. The van der Waals surface area contributed by atoms with Gasteiger partial charge in [0.1, 0.15) is 0 Å². The summed E-state index contributed by atoms with van der Waals surface area (Å²) in [5.74, 6) is 0.0815. The van der Waals surface area contributed by atoms with E-state index < -0.39 is 10.0 Å². The van der Waals surface area contributed by atoms with E-state index in [0.717, 1.165) is 18.5 Å². The number of anilines is 1. The molecule has 0 aliphatic carbocycles. The average Bonchev–Trinajstić information content (AvgIpc) is 2.36. The Labute approximate surface area is 110 Å². The lowest BCUT2D eigenvalue weighted by molar-refractivity contribution is 0.571. The van der Waals surface area contributed by atoms with E-state index in [1.54, 1.807) is 13.0 Å². The zero-order chi connectivity index (χ0) is 13.6. The average molecular weight is 270 g/mol. The predicted octanol–water partition coefficient (Wildman–Crippen LogP) is 2.51. The minimum atomic E-state index is -3.23. The third-order valence-electron chi connectivity index (χ3n) is 2.77. The molecule has 0 spiro atoms. The van der Waals surface area contributed by atoms with Crippen molar-refractivity contribution in [3.8, 4) is 0 Å². The molecule has 0 aliphatic rings. The molecule has 0 aromatic heterocycles. The quantitative estimate of drug-likeness (QED) is 0.800. The second-order valence-electron chi connectivity index (χ2n) is 4.27. The van der Waals surface area contributed by atoms with Crippen molar-refractivity contribution < 1.29 is 8.42 Å². The van der Waals surface area contributed by atoms with Crippen LogP contribution in [0.25, 0.3) is 0 Å². The molecule has 1 unspecified atom stereocenters. The molecule has 18 heavy (non-hydrogen) atoms. The molecule has 0 fully saturated rings. The maximum Gasteiger partial charge on any atom is 0.232 e. The van der Waals surface area contributed by atoms with Gasteiger partial charge in [0, 0.05) is 6.04 Å². The van der Waals surface area contributed by atoms with Crippen molar-refractivity contribution >= 4 is 15.7 Å². The molecule has 102 valence electrons. The van der Waals surface area contributed by atoms with Crippen molar-refractivity contribution in [3.05, 3.63) is 29.8 Å². The van der Waals surface area contributed by atoms with Crippen LogP contribution in [-0.4, -0.2) is 20.7 Å². The summed E-state index contributed by atoms with van der Waals surface area (Å²) in [7, 11) is -3.23. The summed E-state index contributed by atoms with van der Waals surface area (Å²) in [4.78, 5) is 0. The fourth-order valence-electron chi connectivity index (χ4n) is 1.68. The largest absolute Gasteiger partial charge is 0.310 e. The summed E-state index contributed by atoms with van der Waals surface area (Å²) in [5.41, 5.74) is 1.64. The zero-order valence-electron chi connectivity index (χ0n) is 11.2. The Bertz CT molecular complexity index is 472. The van der Waals surface area contributed by atoms with Crippen molar-refractivity contribution in [2.45, 2.75) is 33.2 Å². The van der Waals surface area contributed by atoms with Crippen LogP contribution in [0.5, 0.6) is 0 Å². The van der Waals surface area contributed by atoms with E-state index in [9.17, 15) is 8.42 Å². The van der Waals surface area contributed by atoms with Crippen LogP contribution in [0, 0.1) is 0 Å². The van der Waals surface area contributed by atoms with Crippen LogP contribution in [0.15, 0.2) is 24.3 Å². The van der Waals surface area contributed by atoms with Crippen molar-refractivity contribution in [1.82, 2.24) is 5.32 Å². The molecule has 4 nitrogen and oxygen atoms in total. The highest BCUT2D eigenvalue weighted by Gasteiger charge is 2.13. The second kappa shape index (κ2) is 6.75. The van der Waals surface area contributed by atoms with Crippen molar-refractivity contribution in [2.24, 2.45) is 0 Å². The normalized spacial score (nSPS) is 13.3. The minimum absolute atomic E-state index is 0.0815. The summed E-state index contributed by atoms with van der Waals surface area (Å²) in [6.45, 7) is 6.68. The Morgan fingerprint density at radius 3 is 2.50 bits per heavy atom. The van der Waals surface area contributed by atoms with Gasteiger partial charge in [0.15, 0.2) is 0 Å². The molecular formula is C13H22N2O2S. The topological polar surface area (TPSA) is 58.2 Å². The number of sulfonamides is 1. The van der Waals surface area contributed by atoms with Crippen LogP contribution < -0.4 is 10.0 Å². The van der Waals surface area contributed by atoms with E-state index in [-0.39, 0.29) is 11.8 Å². The number of benzene rings is 1. The smallest absolute Gasteiger partial charge is 0.232 e. The van der Waals surface area contributed by atoms with Crippen LogP contribution in [0.1, 0.15) is 38.8 Å². The Hall–Kier alpha value is -1.07. The molecule has 1 rings (SSSR count). The van der Waals surface area contributed by atoms with Crippen LogP contribution >= 0.6 is 0 Å². The fraction of sp³-hybridized carbons (Fsp3) is 0.538. The minimum Gasteiger partial charge on any atom is -0.310 e. The van der Waals surface area contributed by atoms with Gasteiger partial charge in [0.2, 0.25) is 10.0 Å². The first-order valence-corrected chi connectivity index (χ1v) is 7.98. The van der Waals surface area contributed by atoms with Crippen molar-refractivity contribution in [1.29, 1.82) is 0 Å². The van der Waals surface area contributed by atoms with Crippen LogP contribution in [0.3, 0.4) is 0 Å². The number of nitrogens with one attached hydrogen (secondary N) is 2. The highest BCUT2D eigenvalue weighted by atomic mass is 32.2. The Morgan fingerprint density at radius 2 is 1.89 bits per heavy atom. The molecule has 2 N–H and O–H groups in total. The molecule has 0 heterocycles. The lowest BCUT2D eigenvalue weighted by Crippen LogP contribution is -2.22. The molecule has 1 atom stereocenters. The van der Waals surface area contributed by atoms with Gasteiger partial charge in [-0.05, 0) is 38.4 Å². The van der Waals surface area contributed by atoms with E-state index in [4.69, 9.17) is 0 Å². The third-order valence-corrected chi connectivity index (χ3v) is 4.06. The first-order valence-electron chi connectivity index (χ1n) is 6.33. The first-order chi connectivity index (χ1) is 8.50. The van der Waals surface area contributed by atoms with Gasteiger partial charge in [0.25, 0.3) is 0 Å². The van der Waals surface area contributed by atoms with Gasteiger partial charge in [-0.3, -0.25) is 4.72 Å². The molecule has 0 aliphatic heterocycles. The molecule has 0 saturated heterocycles. The summed E-state index contributed by atoms with van der Waals surface area (Å²) in [6, 6.07) is 7.63. The van der Waals surface area contributed by atoms with Gasteiger partial charge in [-0.15, -0.1) is 0 Å². The molecule has 0 amide bonds. The Balaban J connectivity index is 2.92. The molecule has 0 radical (unpaired) electrons. The maximum absolute atomic E-state index is 11.6. The SMILES string of the molecule is CCCNC(C)c1ccccc1NS(=O)(=O)CC. The standard InChI is InChI=1S/C13H22N2O2S/c1-4-10-14-11(3)12-8-6-7-9-13(12)15-18(16,17)5-2/h6-9,11,14-15H,4-5,10H2,1-3H3. The highest BCUT2D eigenvalue weighted by molar-refractivity contribution is 7.92. The van der Waals surface area contributed by atoms with Crippen LogP contribution in [-0.2, 0) is 10.0 Å². The number of hydrogen-bond acceptors (Lipinski definition) is 3.